The maximum atomic E-state index is 12.6. The van der Waals surface area contributed by atoms with Crippen LogP contribution in [0.5, 0.6) is 0 Å². The van der Waals surface area contributed by atoms with E-state index in [1.807, 2.05) is 13.1 Å². The monoisotopic (exact) mass is 329 g/mol. The Morgan fingerprint density at radius 2 is 2.09 bits per heavy atom. The topological polar surface area (TPSA) is 64.7 Å². The van der Waals surface area contributed by atoms with Crippen LogP contribution < -0.4 is 5.32 Å². The zero-order valence-electron chi connectivity index (χ0n) is 13.1. The molecule has 2 heterocycles. The minimum Gasteiger partial charge on any atom is -0.350 e. The summed E-state index contributed by atoms with van der Waals surface area (Å²) in [7, 11) is 3.20. The largest absolute Gasteiger partial charge is 0.435 e. The predicted molar refractivity (Wildman–Crippen MR) is 76.3 cm³/mol. The molecule has 2 rings (SSSR count). The molecule has 1 N–H and O–H groups in total. The number of aromatic nitrogens is 4. The standard InChI is InChI=1S/C14H18F3N5O/c1-9(10-6-19-21(2)8-10)4-13(23)18-7-11-5-12(14(15,16)17)20-22(11)3/h5-6,8-9H,4,7H2,1-3H3,(H,18,23). The van der Waals surface area contributed by atoms with Gasteiger partial charge < -0.3 is 5.32 Å². The molecule has 0 aliphatic rings. The Morgan fingerprint density at radius 3 is 2.61 bits per heavy atom. The lowest BCUT2D eigenvalue weighted by molar-refractivity contribution is -0.141. The third kappa shape index (κ3) is 4.33. The Labute approximate surface area is 131 Å². The Morgan fingerprint density at radius 1 is 1.39 bits per heavy atom. The van der Waals surface area contributed by atoms with Gasteiger partial charge in [-0.05, 0) is 17.5 Å². The Hall–Kier alpha value is -2.32. The van der Waals surface area contributed by atoms with E-state index in [2.05, 4.69) is 15.5 Å². The zero-order valence-corrected chi connectivity index (χ0v) is 13.1. The predicted octanol–water partition coefficient (Wildman–Crippen LogP) is 1.98. The van der Waals surface area contributed by atoms with E-state index in [9.17, 15) is 18.0 Å². The minimum atomic E-state index is -4.49. The molecule has 0 aliphatic heterocycles. The number of carbonyl (C=O) groups excluding carboxylic acids is 1. The van der Waals surface area contributed by atoms with Crippen LogP contribution >= 0.6 is 0 Å². The number of aryl methyl sites for hydroxylation is 2. The molecule has 0 fully saturated rings. The van der Waals surface area contributed by atoms with Gasteiger partial charge >= 0.3 is 6.18 Å². The molecule has 2 aromatic rings. The van der Waals surface area contributed by atoms with Crippen LogP contribution in [0.25, 0.3) is 0 Å². The number of alkyl halides is 3. The lowest BCUT2D eigenvalue weighted by Crippen LogP contribution is -2.25. The van der Waals surface area contributed by atoms with Crippen LogP contribution in [0.15, 0.2) is 18.5 Å². The first kappa shape index (κ1) is 17.0. The Bertz CT molecular complexity index is 689. The van der Waals surface area contributed by atoms with Crippen LogP contribution in [0.4, 0.5) is 13.2 Å². The van der Waals surface area contributed by atoms with Crippen molar-refractivity contribution in [2.75, 3.05) is 0 Å². The lowest BCUT2D eigenvalue weighted by atomic mass is 10.0. The number of hydrogen-bond acceptors (Lipinski definition) is 3. The Balaban J connectivity index is 1.91. The highest BCUT2D eigenvalue weighted by Crippen LogP contribution is 2.28. The number of nitrogens with one attached hydrogen (secondary N) is 1. The molecule has 6 nitrogen and oxygen atoms in total. The highest BCUT2D eigenvalue weighted by atomic mass is 19.4. The molecule has 0 spiro atoms. The Kier molecular flexibility index (Phi) is 4.76. The quantitative estimate of drug-likeness (QED) is 0.912. The summed E-state index contributed by atoms with van der Waals surface area (Å²) in [6.07, 6.45) is -0.742. The molecule has 0 saturated carbocycles. The van der Waals surface area contributed by atoms with Crippen molar-refractivity contribution in [2.45, 2.75) is 32.0 Å². The van der Waals surface area contributed by atoms with Gasteiger partial charge in [-0.2, -0.15) is 23.4 Å². The van der Waals surface area contributed by atoms with Crippen molar-refractivity contribution in [2.24, 2.45) is 14.1 Å². The average molecular weight is 329 g/mol. The van der Waals surface area contributed by atoms with Crippen LogP contribution in [-0.4, -0.2) is 25.5 Å². The molecular weight excluding hydrogens is 311 g/mol. The summed E-state index contributed by atoms with van der Waals surface area (Å²) in [6.45, 7) is 1.89. The molecule has 23 heavy (non-hydrogen) atoms. The number of carbonyl (C=O) groups is 1. The van der Waals surface area contributed by atoms with Crippen LogP contribution in [0.2, 0.25) is 0 Å². The summed E-state index contributed by atoms with van der Waals surface area (Å²) in [6, 6.07) is 0.935. The molecular formula is C14H18F3N5O. The van der Waals surface area contributed by atoms with Crippen LogP contribution in [-0.2, 0) is 31.6 Å². The number of halogens is 3. The highest BCUT2D eigenvalue weighted by molar-refractivity contribution is 5.76. The summed E-state index contributed by atoms with van der Waals surface area (Å²) < 4.78 is 40.5. The summed E-state index contributed by atoms with van der Waals surface area (Å²) in [5.41, 5.74) is 0.259. The van der Waals surface area contributed by atoms with E-state index in [4.69, 9.17) is 0 Å². The second kappa shape index (κ2) is 6.43. The lowest BCUT2D eigenvalue weighted by Gasteiger charge is -2.10. The van der Waals surface area contributed by atoms with Gasteiger partial charge in [0.05, 0.1) is 18.4 Å². The molecule has 2 aromatic heterocycles. The molecule has 0 aromatic carbocycles. The van der Waals surface area contributed by atoms with Crippen LogP contribution in [0.3, 0.4) is 0 Å². The zero-order chi connectivity index (χ0) is 17.2. The molecule has 1 amide bonds. The van der Waals surface area contributed by atoms with Gasteiger partial charge in [0, 0.05) is 26.7 Å². The van der Waals surface area contributed by atoms with Gasteiger partial charge in [-0.25, -0.2) is 0 Å². The van der Waals surface area contributed by atoms with E-state index in [1.165, 1.54) is 7.05 Å². The van der Waals surface area contributed by atoms with Gasteiger partial charge in [-0.15, -0.1) is 0 Å². The third-order valence-electron chi connectivity index (χ3n) is 3.52. The van der Waals surface area contributed by atoms with E-state index >= 15 is 0 Å². The summed E-state index contributed by atoms with van der Waals surface area (Å²) in [4.78, 5) is 11.9. The van der Waals surface area contributed by atoms with Gasteiger partial charge in [0.2, 0.25) is 5.91 Å². The first-order valence-corrected chi connectivity index (χ1v) is 7.02. The van der Waals surface area contributed by atoms with Crippen molar-refractivity contribution in [1.82, 2.24) is 24.9 Å². The summed E-state index contributed by atoms with van der Waals surface area (Å²) in [5.74, 6) is -0.267. The molecule has 9 heteroatoms. The smallest absolute Gasteiger partial charge is 0.350 e. The molecule has 1 unspecified atom stereocenters. The number of hydrogen-bond donors (Lipinski definition) is 1. The number of rotatable bonds is 5. The second-order valence-electron chi connectivity index (χ2n) is 5.47. The van der Waals surface area contributed by atoms with Crippen molar-refractivity contribution in [3.05, 3.63) is 35.4 Å². The van der Waals surface area contributed by atoms with Crippen molar-refractivity contribution in [3.8, 4) is 0 Å². The molecule has 0 radical (unpaired) electrons. The molecule has 0 bridgehead atoms. The molecule has 126 valence electrons. The van der Waals surface area contributed by atoms with Crippen molar-refractivity contribution >= 4 is 5.91 Å². The van der Waals surface area contributed by atoms with Gasteiger partial charge in [0.1, 0.15) is 0 Å². The average Bonchev–Trinajstić information content (AvgIpc) is 3.02. The molecule has 0 saturated heterocycles. The first-order chi connectivity index (χ1) is 10.7. The second-order valence-corrected chi connectivity index (χ2v) is 5.47. The summed E-state index contributed by atoms with van der Waals surface area (Å²) in [5, 5.41) is 10.1. The molecule has 1 atom stereocenters. The normalized spacial score (nSPS) is 13.1. The fourth-order valence-corrected chi connectivity index (χ4v) is 2.16. The van der Waals surface area contributed by atoms with E-state index in [1.54, 1.807) is 17.9 Å². The first-order valence-electron chi connectivity index (χ1n) is 7.02. The van der Waals surface area contributed by atoms with Gasteiger partial charge in [0.25, 0.3) is 0 Å². The van der Waals surface area contributed by atoms with Crippen molar-refractivity contribution in [3.63, 3.8) is 0 Å². The highest BCUT2D eigenvalue weighted by Gasteiger charge is 2.34. The molecule has 0 aliphatic carbocycles. The summed E-state index contributed by atoms with van der Waals surface area (Å²) >= 11 is 0. The minimum absolute atomic E-state index is 0.00181. The van der Waals surface area contributed by atoms with Gasteiger partial charge in [-0.1, -0.05) is 6.92 Å². The van der Waals surface area contributed by atoms with Crippen LogP contribution in [0.1, 0.15) is 36.2 Å². The maximum Gasteiger partial charge on any atom is 0.435 e. The number of nitrogens with zero attached hydrogens (tertiary/aromatic N) is 4. The van der Waals surface area contributed by atoms with Gasteiger partial charge in [0.15, 0.2) is 5.69 Å². The maximum absolute atomic E-state index is 12.6. The van der Waals surface area contributed by atoms with E-state index < -0.39 is 11.9 Å². The van der Waals surface area contributed by atoms with Crippen LogP contribution in [0, 0.1) is 0 Å². The fourth-order valence-electron chi connectivity index (χ4n) is 2.16. The van der Waals surface area contributed by atoms with Crippen molar-refractivity contribution in [1.29, 1.82) is 0 Å². The van der Waals surface area contributed by atoms with Gasteiger partial charge in [-0.3, -0.25) is 14.2 Å². The third-order valence-corrected chi connectivity index (χ3v) is 3.52. The van der Waals surface area contributed by atoms with Crippen molar-refractivity contribution < 1.29 is 18.0 Å². The number of amides is 1. The van der Waals surface area contributed by atoms with E-state index in [-0.39, 0.29) is 24.8 Å². The fraction of sp³-hybridized carbons (Fsp3) is 0.500. The van der Waals surface area contributed by atoms with E-state index in [0.29, 0.717) is 5.69 Å². The van der Waals surface area contributed by atoms with E-state index in [0.717, 1.165) is 16.3 Å². The SMILES string of the molecule is CC(CC(=O)NCc1cc(C(F)(F)F)nn1C)c1cnn(C)c1.